The zero-order valence-electron chi connectivity index (χ0n) is 12.0. The molecule has 2 aliphatic rings. The van der Waals surface area contributed by atoms with Gasteiger partial charge in [0.25, 0.3) is 11.6 Å². The number of fused-ring (bicyclic) bond motifs is 1. The van der Waals surface area contributed by atoms with Crippen LogP contribution in [0, 0.1) is 12.8 Å². The summed E-state index contributed by atoms with van der Waals surface area (Å²) in [5.41, 5.74) is 2.80. The summed E-state index contributed by atoms with van der Waals surface area (Å²) in [6.07, 6.45) is 2.28. The highest BCUT2D eigenvalue weighted by atomic mass is 16.5. The number of carbonyl (C=O) groups is 1. The molecule has 0 aromatic carbocycles. The van der Waals surface area contributed by atoms with Crippen LogP contribution in [0.2, 0.25) is 0 Å². The van der Waals surface area contributed by atoms with Crippen LogP contribution in [-0.2, 0) is 0 Å². The smallest absolute Gasteiger partial charge is 0.259 e. The predicted molar refractivity (Wildman–Crippen MR) is 77.2 cm³/mol. The summed E-state index contributed by atoms with van der Waals surface area (Å²) < 4.78 is 5.26. The van der Waals surface area contributed by atoms with Gasteiger partial charge in [-0.3, -0.25) is 4.79 Å². The van der Waals surface area contributed by atoms with Crippen molar-refractivity contribution in [1.82, 2.24) is 20.8 Å². The number of pyridine rings is 1. The summed E-state index contributed by atoms with van der Waals surface area (Å²) in [4.78, 5) is 17.0. The minimum absolute atomic E-state index is 0.0532. The molecule has 0 unspecified atom stereocenters. The molecule has 1 saturated heterocycles. The first-order valence-corrected chi connectivity index (χ1v) is 7.48. The number of amides is 1. The van der Waals surface area contributed by atoms with Gasteiger partial charge in [0.2, 0.25) is 0 Å². The van der Waals surface area contributed by atoms with Crippen LogP contribution in [-0.4, -0.2) is 35.7 Å². The van der Waals surface area contributed by atoms with E-state index >= 15 is 0 Å². The molecule has 0 atom stereocenters. The molecule has 21 heavy (non-hydrogen) atoms. The van der Waals surface area contributed by atoms with Crippen LogP contribution in [0.25, 0.3) is 11.1 Å². The summed E-state index contributed by atoms with van der Waals surface area (Å²) in [6.45, 7) is 4.51. The van der Waals surface area contributed by atoms with Crippen molar-refractivity contribution in [3.8, 4) is 0 Å². The summed E-state index contributed by atoms with van der Waals surface area (Å²) in [5, 5.41) is 10.9. The predicted octanol–water partition coefficient (Wildman–Crippen LogP) is 1.36. The van der Waals surface area contributed by atoms with Gasteiger partial charge >= 0.3 is 0 Å². The van der Waals surface area contributed by atoms with E-state index in [1.807, 2.05) is 13.0 Å². The Morgan fingerprint density at radius 2 is 2.29 bits per heavy atom. The van der Waals surface area contributed by atoms with Gasteiger partial charge in [-0.2, -0.15) is 0 Å². The zero-order chi connectivity index (χ0) is 14.4. The highest BCUT2D eigenvalue weighted by Crippen LogP contribution is 2.40. The van der Waals surface area contributed by atoms with E-state index in [1.165, 1.54) is 0 Å². The van der Waals surface area contributed by atoms with Crippen LogP contribution in [0.3, 0.4) is 0 Å². The van der Waals surface area contributed by atoms with Crippen molar-refractivity contribution in [2.24, 2.45) is 5.92 Å². The molecule has 0 spiro atoms. The summed E-state index contributed by atoms with van der Waals surface area (Å²) in [5.74, 6) is 0.961. The first-order valence-electron chi connectivity index (χ1n) is 7.48. The van der Waals surface area contributed by atoms with Crippen LogP contribution in [0.4, 0.5) is 0 Å². The number of nitrogens with zero attached hydrogens (tertiary/aromatic N) is 2. The Labute approximate surface area is 122 Å². The Morgan fingerprint density at radius 1 is 1.48 bits per heavy atom. The van der Waals surface area contributed by atoms with Crippen LogP contribution in [0.1, 0.15) is 40.5 Å². The monoisotopic (exact) mass is 286 g/mol. The van der Waals surface area contributed by atoms with Gasteiger partial charge < -0.3 is 15.2 Å². The van der Waals surface area contributed by atoms with Crippen molar-refractivity contribution < 1.29 is 9.32 Å². The van der Waals surface area contributed by atoms with E-state index in [2.05, 4.69) is 20.8 Å². The second-order valence-corrected chi connectivity index (χ2v) is 6.05. The first-order chi connectivity index (χ1) is 10.2. The standard InChI is InChI=1S/C15H18N4O2/c1-8-13-11(14(20)17-7-9-5-16-6-9)4-12(10-2-3-10)18-15(13)21-19-8/h4,9-10,16H,2-3,5-7H2,1H3,(H,17,20). The van der Waals surface area contributed by atoms with Crippen molar-refractivity contribution in [3.63, 3.8) is 0 Å². The van der Waals surface area contributed by atoms with E-state index in [-0.39, 0.29) is 5.91 Å². The lowest BCUT2D eigenvalue weighted by molar-refractivity contribution is 0.0943. The maximum atomic E-state index is 12.5. The molecule has 1 amide bonds. The molecule has 2 fully saturated rings. The molecular formula is C15H18N4O2. The van der Waals surface area contributed by atoms with Gasteiger partial charge in [0.1, 0.15) is 0 Å². The zero-order valence-corrected chi connectivity index (χ0v) is 12.0. The average molecular weight is 286 g/mol. The fourth-order valence-corrected chi connectivity index (χ4v) is 2.71. The normalized spacial score (nSPS) is 18.7. The largest absolute Gasteiger partial charge is 0.352 e. The highest BCUT2D eigenvalue weighted by Gasteiger charge is 2.29. The van der Waals surface area contributed by atoms with Gasteiger partial charge in [-0.15, -0.1) is 0 Å². The topological polar surface area (TPSA) is 80.0 Å². The molecule has 2 N–H and O–H groups in total. The Hall–Kier alpha value is -1.95. The highest BCUT2D eigenvalue weighted by molar-refractivity contribution is 6.06. The van der Waals surface area contributed by atoms with Gasteiger partial charge in [-0.1, -0.05) is 5.16 Å². The van der Waals surface area contributed by atoms with Crippen LogP contribution >= 0.6 is 0 Å². The molecule has 6 heteroatoms. The molecule has 1 aliphatic heterocycles. The average Bonchev–Trinajstić information content (AvgIpc) is 3.21. The lowest BCUT2D eigenvalue weighted by atomic mass is 10.0. The minimum Gasteiger partial charge on any atom is -0.352 e. The number of rotatable bonds is 4. The summed E-state index contributed by atoms with van der Waals surface area (Å²) >= 11 is 0. The van der Waals surface area contributed by atoms with Crippen molar-refractivity contribution in [3.05, 3.63) is 23.0 Å². The van der Waals surface area contributed by atoms with E-state index in [0.29, 0.717) is 29.7 Å². The Bertz CT molecular complexity index is 701. The second kappa shape index (κ2) is 4.80. The molecule has 2 aromatic heterocycles. The van der Waals surface area contributed by atoms with E-state index in [0.717, 1.165) is 42.7 Å². The van der Waals surface area contributed by atoms with Crippen LogP contribution in [0.5, 0.6) is 0 Å². The number of aryl methyl sites for hydroxylation is 1. The fourth-order valence-electron chi connectivity index (χ4n) is 2.71. The molecule has 0 radical (unpaired) electrons. The SMILES string of the molecule is Cc1noc2nc(C3CC3)cc(C(=O)NCC3CNC3)c12. The van der Waals surface area contributed by atoms with Crippen molar-refractivity contribution in [2.75, 3.05) is 19.6 Å². The van der Waals surface area contributed by atoms with Gasteiger partial charge in [0.05, 0.1) is 16.6 Å². The molecule has 4 rings (SSSR count). The van der Waals surface area contributed by atoms with E-state index in [1.54, 1.807) is 0 Å². The molecule has 1 saturated carbocycles. The molecule has 6 nitrogen and oxygen atoms in total. The number of hydrogen-bond acceptors (Lipinski definition) is 5. The first kappa shape index (κ1) is 12.8. The van der Waals surface area contributed by atoms with Gasteiger partial charge in [-0.25, -0.2) is 4.98 Å². The quantitative estimate of drug-likeness (QED) is 0.887. The van der Waals surface area contributed by atoms with Crippen molar-refractivity contribution in [1.29, 1.82) is 0 Å². The number of carbonyl (C=O) groups excluding carboxylic acids is 1. The maximum absolute atomic E-state index is 12.5. The third-order valence-electron chi connectivity index (χ3n) is 4.29. The van der Waals surface area contributed by atoms with Gasteiger partial charge in [0, 0.05) is 37.2 Å². The molecule has 1 aliphatic carbocycles. The minimum atomic E-state index is -0.0532. The number of nitrogens with one attached hydrogen (secondary N) is 2. The third-order valence-corrected chi connectivity index (χ3v) is 4.29. The molecule has 3 heterocycles. The Morgan fingerprint density at radius 3 is 2.95 bits per heavy atom. The summed E-state index contributed by atoms with van der Waals surface area (Å²) in [6, 6.07) is 1.92. The fraction of sp³-hybridized carbons (Fsp3) is 0.533. The molecule has 110 valence electrons. The van der Waals surface area contributed by atoms with Crippen LogP contribution in [0.15, 0.2) is 10.6 Å². The maximum Gasteiger partial charge on any atom is 0.259 e. The van der Waals surface area contributed by atoms with E-state index in [9.17, 15) is 4.79 Å². The molecule has 0 bridgehead atoms. The lowest BCUT2D eigenvalue weighted by Gasteiger charge is -2.27. The van der Waals surface area contributed by atoms with E-state index in [4.69, 9.17) is 4.52 Å². The summed E-state index contributed by atoms with van der Waals surface area (Å²) in [7, 11) is 0. The molecular weight excluding hydrogens is 268 g/mol. The van der Waals surface area contributed by atoms with Crippen molar-refractivity contribution >= 4 is 17.0 Å². The van der Waals surface area contributed by atoms with E-state index < -0.39 is 0 Å². The van der Waals surface area contributed by atoms with Crippen LogP contribution < -0.4 is 10.6 Å². The van der Waals surface area contributed by atoms with Gasteiger partial charge in [0.15, 0.2) is 0 Å². The number of aromatic nitrogens is 2. The Kier molecular flexibility index (Phi) is 2.92. The third kappa shape index (κ3) is 2.29. The lowest BCUT2D eigenvalue weighted by Crippen LogP contribution is -2.48. The Balaban J connectivity index is 1.67. The van der Waals surface area contributed by atoms with Gasteiger partial charge in [-0.05, 0) is 25.8 Å². The molecule has 2 aromatic rings. The second-order valence-electron chi connectivity index (χ2n) is 6.05. The number of hydrogen-bond donors (Lipinski definition) is 2. The van der Waals surface area contributed by atoms with Crippen molar-refractivity contribution in [2.45, 2.75) is 25.7 Å².